The van der Waals surface area contributed by atoms with Gasteiger partial charge in [0.25, 0.3) is 0 Å². The molecule has 2 N–H and O–H groups in total. The maximum Gasteiger partial charge on any atom is 0.0328 e. The number of halogens is 1. The molecule has 2 rings (SSSR count). The van der Waals surface area contributed by atoms with Crippen molar-refractivity contribution in [2.45, 2.75) is 30.4 Å². The van der Waals surface area contributed by atoms with E-state index < -0.39 is 0 Å². The van der Waals surface area contributed by atoms with Crippen molar-refractivity contribution in [2.24, 2.45) is 0 Å². The number of rotatable bonds is 4. The monoisotopic (exact) mass is 335 g/mol. The fourth-order valence-corrected chi connectivity index (χ4v) is 3.26. The van der Waals surface area contributed by atoms with Crippen LogP contribution in [-0.2, 0) is 5.75 Å². The van der Waals surface area contributed by atoms with E-state index in [0.717, 1.165) is 15.9 Å². The van der Waals surface area contributed by atoms with Crippen LogP contribution in [0.1, 0.15) is 30.9 Å². The molecule has 0 aromatic heterocycles. The zero-order chi connectivity index (χ0) is 13.8. The molecule has 0 saturated carbocycles. The third-order valence-electron chi connectivity index (χ3n) is 2.93. The predicted molar refractivity (Wildman–Crippen MR) is 88.6 cm³/mol. The lowest BCUT2D eigenvalue weighted by Crippen LogP contribution is -1.89. The highest BCUT2D eigenvalue weighted by Gasteiger charge is 2.01. The van der Waals surface area contributed by atoms with Crippen molar-refractivity contribution in [1.82, 2.24) is 0 Å². The van der Waals surface area contributed by atoms with Gasteiger partial charge in [-0.05, 0) is 47.4 Å². The molecule has 0 bridgehead atoms. The van der Waals surface area contributed by atoms with Gasteiger partial charge in [0.1, 0.15) is 0 Å². The Morgan fingerprint density at radius 1 is 1.11 bits per heavy atom. The van der Waals surface area contributed by atoms with Gasteiger partial charge in [0.2, 0.25) is 0 Å². The Hall–Kier alpha value is -0.930. The van der Waals surface area contributed by atoms with E-state index in [4.69, 9.17) is 5.73 Å². The first-order valence-corrected chi connectivity index (χ1v) is 8.10. The Balaban J connectivity index is 2.02. The Labute approximate surface area is 127 Å². The fraction of sp³-hybridized carbons (Fsp3) is 0.250. The maximum atomic E-state index is 5.84. The summed E-state index contributed by atoms with van der Waals surface area (Å²) in [4.78, 5) is 1.29. The molecule has 0 radical (unpaired) electrons. The molecule has 0 amide bonds. The second kappa shape index (κ2) is 6.49. The summed E-state index contributed by atoms with van der Waals surface area (Å²) < 4.78 is 1.04. The van der Waals surface area contributed by atoms with Crippen LogP contribution in [0.2, 0.25) is 0 Å². The summed E-state index contributed by atoms with van der Waals surface area (Å²) in [5.74, 6) is 1.52. The number of nitrogen functional groups attached to an aromatic ring is 1. The van der Waals surface area contributed by atoms with Crippen molar-refractivity contribution in [2.75, 3.05) is 5.73 Å². The van der Waals surface area contributed by atoms with Crippen LogP contribution in [0.25, 0.3) is 0 Å². The van der Waals surface area contributed by atoms with Crippen LogP contribution in [0.4, 0.5) is 5.69 Å². The highest BCUT2D eigenvalue weighted by molar-refractivity contribution is 9.10. The normalized spacial score (nSPS) is 10.9. The molecule has 0 aliphatic heterocycles. The molecule has 2 aromatic carbocycles. The molecule has 0 fully saturated rings. The molecule has 19 heavy (non-hydrogen) atoms. The van der Waals surface area contributed by atoms with E-state index in [2.05, 4.69) is 60.1 Å². The minimum atomic E-state index is 0.587. The molecular formula is C16H18BrNS. The lowest BCUT2D eigenvalue weighted by molar-refractivity contribution is 0.865. The molecule has 2 aromatic rings. The van der Waals surface area contributed by atoms with Gasteiger partial charge >= 0.3 is 0 Å². The van der Waals surface area contributed by atoms with Crippen LogP contribution in [0.5, 0.6) is 0 Å². The van der Waals surface area contributed by atoms with Gasteiger partial charge in [0.05, 0.1) is 0 Å². The van der Waals surface area contributed by atoms with E-state index in [0.29, 0.717) is 5.92 Å². The number of hydrogen-bond donors (Lipinski definition) is 1. The smallest absolute Gasteiger partial charge is 0.0328 e. The van der Waals surface area contributed by atoms with Crippen LogP contribution in [0, 0.1) is 0 Å². The van der Waals surface area contributed by atoms with Gasteiger partial charge in [0.15, 0.2) is 0 Å². The molecule has 0 aliphatic rings. The van der Waals surface area contributed by atoms with Gasteiger partial charge < -0.3 is 5.73 Å². The Bertz CT molecular complexity index is 529. The van der Waals surface area contributed by atoms with Crippen molar-refractivity contribution in [3.05, 3.63) is 58.1 Å². The average molecular weight is 336 g/mol. The standard InChI is InChI=1S/C16H18BrNS/c1-11(2)13-3-5-16(6-4-13)19-10-12-7-14(17)9-15(18)8-12/h3-9,11H,10,18H2,1-2H3. The summed E-state index contributed by atoms with van der Waals surface area (Å²) in [5, 5.41) is 0. The van der Waals surface area contributed by atoms with Gasteiger partial charge in [0, 0.05) is 20.8 Å². The minimum absolute atomic E-state index is 0.587. The topological polar surface area (TPSA) is 26.0 Å². The summed E-state index contributed by atoms with van der Waals surface area (Å²) in [6, 6.07) is 14.9. The minimum Gasteiger partial charge on any atom is -0.399 e. The quantitative estimate of drug-likeness (QED) is 0.594. The molecule has 0 aliphatic carbocycles. The molecule has 0 spiro atoms. The summed E-state index contributed by atoms with van der Waals surface area (Å²) in [5.41, 5.74) is 9.27. The summed E-state index contributed by atoms with van der Waals surface area (Å²) in [6.07, 6.45) is 0. The Morgan fingerprint density at radius 3 is 2.37 bits per heavy atom. The van der Waals surface area contributed by atoms with Crippen molar-refractivity contribution in [3.8, 4) is 0 Å². The molecule has 0 unspecified atom stereocenters. The van der Waals surface area contributed by atoms with Crippen LogP contribution in [0.15, 0.2) is 51.8 Å². The average Bonchev–Trinajstić information content (AvgIpc) is 2.36. The van der Waals surface area contributed by atoms with Crippen molar-refractivity contribution in [1.29, 1.82) is 0 Å². The number of benzene rings is 2. The fourth-order valence-electron chi connectivity index (χ4n) is 1.87. The molecule has 3 heteroatoms. The molecule has 1 nitrogen and oxygen atoms in total. The predicted octanol–water partition coefficient (Wildman–Crippen LogP) is 5.45. The van der Waals surface area contributed by atoms with E-state index >= 15 is 0 Å². The van der Waals surface area contributed by atoms with Gasteiger partial charge in [-0.15, -0.1) is 11.8 Å². The second-order valence-corrected chi connectivity index (χ2v) is 6.87. The number of anilines is 1. The molecule has 100 valence electrons. The second-order valence-electron chi connectivity index (χ2n) is 4.91. The van der Waals surface area contributed by atoms with Crippen LogP contribution in [-0.4, -0.2) is 0 Å². The summed E-state index contributed by atoms with van der Waals surface area (Å²) >= 11 is 5.31. The zero-order valence-electron chi connectivity index (χ0n) is 11.2. The summed E-state index contributed by atoms with van der Waals surface area (Å²) in [7, 11) is 0. The third kappa shape index (κ3) is 4.29. The van der Waals surface area contributed by atoms with Crippen LogP contribution < -0.4 is 5.73 Å². The van der Waals surface area contributed by atoms with Crippen LogP contribution >= 0.6 is 27.7 Å². The molecular weight excluding hydrogens is 318 g/mol. The van der Waals surface area contributed by atoms with E-state index in [1.807, 2.05) is 23.9 Å². The number of nitrogens with two attached hydrogens (primary N) is 1. The molecule has 0 atom stereocenters. The van der Waals surface area contributed by atoms with E-state index in [1.54, 1.807) is 0 Å². The first-order chi connectivity index (χ1) is 9.04. The van der Waals surface area contributed by atoms with Crippen LogP contribution in [0.3, 0.4) is 0 Å². The van der Waals surface area contributed by atoms with Crippen molar-refractivity contribution >= 4 is 33.4 Å². The lowest BCUT2D eigenvalue weighted by Gasteiger charge is -2.07. The summed E-state index contributed by atoms with van der Waals surface area (Å²) in [6.45, 7) is 4.43. The highest BCUT2D eigenvalue weighted by Crippen LogP contribution is 2.27. The van der Waals surface area contributed by atoms with Crippen molar-refractivity contribution < 1.29 is 0 Å². The first kappa shape index (κ1) is 14.5. The SMILES string of the molecule is CC(C)c1ccc(SCc2cc(N)cc(Br)c2)cc1. The van der Waals surface area contributed by atoms with Crippen molar-refractivity contribution in [3.63, 3.8) is 0 Å². The first-order valence-electron chi connectivity index (χ1n) is 6.32. The zero-order valence-corrected chi connectivity index (χ0v) is 13.6. The van der Waals surface area contributed by atoms with Gasteiger partial charge in [-0.2, -0.15) is 0 Å². The largest absolute Gasteiger partial charge is 0.399 e. The molecule has 0 heterocycles. The van der Waals surface area contributed by atoms with Gasteiger partial charge in [-0.3, -0.25) is 0 Å². The Kier molecular flexibility index (Phi) is 4.94. The Morgan fingerprint density at radius 2 is 1.79 bits per heavy atom. The van der Waals surface area contributed by atoms with E-state index in [1.165, 1.54) is 16.0 Å². The van der Waals surface area contributed by atoms with Gasteiger partial charge in [-0.25, -0.2) is 0 Å². The number of thioether (sulfide) groups is 1. The number of hydrogen-bond acceptors (Lipinski definition) is 2. The third-order valence-corrected chi connectivity index (χ3v) is 4.47. The maximum absolute atomic E-state index is 5.84. The van der Waals surface area contributed by atoms with E-state index in [9.17, 15) is 0 Å². The van der Waals surface area contributed by atoms with Gasteiger partial charge in [-0.1, -0.05) is 41.9 Å². The lowest BCUT2D eigenvalue weighted by atomic mass is 10.0. The molecule has 0 saturated heterocycles. The van der Waals surface area contributed by atoms with E-state index in [-0.39, 0.29) is 0 Å². The highest BCUT2D eigenvalue weighted by atomic mass is 79.9.